The summed E-state index contributed by atoms with van der Waals surface area (Å²) < 4.78 is 0. The Morgan fingerprint density at radius 1 is 0.840 bits per heavy atom. The van der Waals surface area contributed by atoms with Crippen LogP contribution in [-0.2, 0) is 0 Å². The Kier molecular flexibility index (Phi) is 5.49. The van der Waals surface area contributed by atoms with Gasteiger partial charge in [-0.2, -0.15) is 5.10 Å². The van der Waals surface area contributed by atoms with Gasteiger partial charge in [-0.15, -0.1) is 0 Å². The van der Waals surface area contributed by atoms with Crippen molar-refractivity contribution in [2.45, 2.75) is 0 Å². The normalized spacial score (nSPS) is 10.8. The molecule has 124 valence electrons. The van der Waals surface area contributed by atoms with Crippen LogP contribution in [-0.4, -0.2) is 12.1 Å². The Morgan fingerprint density at radius 2 is 1.52 bits per heavy atom. The summed E-state index contributed by atoms with van der Waals surface area (Å²) in [5, 5.41) is 4.77. The van der Waals surface area contributed by atoms with E-state index in [1.165, 1.54) is 6.21 Å². The van der Waals surface area contributed by atoms with Crippen LogP contribution in [0.3, 0.4) is 0 Å². The molecule has 25 heavy (non-hydrogen) atoms. The van der Waals surface area contributed by atoms with Gasteiger partial charge < -0.3 is 0 Å². The molecule has 0 saturated carbocycles. The van der Waals surface area contributed by atoms with E-state index in [1.54, 1.807) is 30.3 Å². The molecule has 0 aromatic heterocycles. The number of hydrogen-bond acceptors (Lipinski definition) is 2. The minimum Gasteiger partial charge on any atom is -0.267 e. The quantitative estimate of drug-likeness (QED) is 0.484. The fourth-order valence-electron chi connectivity index (χ4n) is 2.29. The number of rotatable bonds is 4. The Bertz CT molecular complexity index is 907. The third kappa shape index (κ3) is 4.27. The predicted molar refractivity (Wildman–Crippen MR) is 103 cm³/mol. The van der Waals surface area contributed by atoms with Crippen LogP contribution in [0.2, 0.25) is 10.0 Å². The second-order valence-electron chi connectivity index (χ2n) is 5.29. The average molecular weight is 369 g/mol. The topological polar surface area (TPSA) is 41.5 Å². The van der Waals surface area contributed by atoms with Gasteiger partial charge in [0.1, 0.15) is 0 Å². The van der Waals surface area contributed by atoms with Crippen molar-refractivity contribution in [2.24, 2.45) is 5.10 Å². The summed E-state index contributed by atoms with van der Waals surface area (Å²) in [5.74, 6) is -0.297. The van der Waals surface area contributed by atoms with E-state index in [0.717, 1.165) is 11.1 Å². The van der Waals surface area contributed by atoms with E-state index in [1.807, 2.05) is 42.5 Å². The second-order valence-corrected chi connectivity index (χ2v) is 6.07. The van der Waals surface area contributed by atoms with Crippen LogP contribution < -0.4 is 5.43 Å². The molecule has 1 amide bonds. The fraction of sp³-hybridized carbons (Fsp3) is 0. The summed E-state index contributed by atoms with van der Waals surface area (Å²) in [5.41, 5.74) is 5.79. The summed E-state index contributed by atoms with van der Waals surface area (Å²) in [6.45, 7) is 0. The third-order valence-electron chi connectivity index (χ3n) is 3.61. The van der Waals surface area contributed by atoms with Gasteiger partial charge in [0, 0.05) is 11.1 Å². The summed E-state index contributed by atoms with van der Waals surface area (Å²) in [6, 6.07) is 22.5. The van der Waals surface area contributed by atoms with Crippen molar-refractivity contribution in [3.05, 3.63) is 94.0 Å². The van der Waals surface area contributed by atoms with E-state index >= 15 is 0 Å². The van der Waals surface area contributed by atoms with Crippen LogP contribution in [0.5, 0.6) is 0 Å². The molecule has 0 atom stereocenters. The first-order valence-corrected chi connectivity index (χ1v) is 8.33. The summed E-state index contributed by atoms with van der Waals surface area (Å²) in [4.78, 5) is 12.2. The lowest BCUT2D eigenvalue weighted by Gasteiger charge is -2.04. The van der Waals surface area contributed by atoms with Crippen LogP contribution in [0.1, 0.15) is 15.9 Å². The largest absolute Gasteiger partial charge is 0.271 e. The zero-order valence-corrected chi connectivity index (χ0v) is 14.6. The second kappa shape index (κ2) is 7.97. The number of nitrogens with one attached hydrogen (secondary N) is 1. The van der Waals surface area contributed by atoms with Crippen LogP contribution in [0.25, 0.3) is 11.1 Å². The molecule has 0 unspecified atom stereocenters. The highest BCUT2D eigenvalue weighted by Crippen LogP contribution is 2.24. The molecule has 3 aromatic carbocycles. The van der Waals surface area contributed by atoms with Crippen molar-refractivity contribution in [3.63, 3.8) is 0 Å². The summed E-state index contributed by atoms with van der Waals surface area (Å²) in [7, 11) is 0. The molecule has 0 saturated heterocycles. The molecule has 0 bridgehead atoms. The van der Waals surface area contributed by atoms with E-state index in [0.29, 0.717) is 21.2 Å². The van der Waals surface area contributed by atoms with Gasteiger partial charge in [0.05, 0.1) is 16.3 Å². The lowest BCUT2D eigenvalue weighted by Crippen LogP contribution is -2.17. The van der Waals surface area contributed by atoms with E-state index in [2.05, 4.69) is 10.5 Å². The number of hydrogen-bond donors (Lipinski definition) is 1. The van der Waals surface area contributed by atoms with Crippen molar-refractivity contribution in [1.82, 2.24) is 5.43 Å². The molecule has 0 aliphatic rings. The van der Waals surface area contributed by atoms with Crippen LogP contribution >= 0.6 is 23.2 Å². The minimum absolute atomic E-state index is 0.297. The van der Waals surface area contributed by atoms with Gasteiger partial charge in [0.15, 0.2) is 0 Å². The molecule has 5 heteroatoms. The maximum absolute atomic E-state index is 12.2. The van der Waals surface area contributed by atoms with Crippen molar-refractivity contribution < 1.29 is 4.79 Å². The van der Waals surface area contributed by atoms with Gasteiger partial charge in [-0.25, -0.2) is 5.43 Å². The number of benzene rings is 3. The fourth-order valence-corrected chi connectivity index (χ4v) is 2.65. The molecule has 0 heterocycles. The Morgan fingerprint density at radius 3 is 2.24 bits per heavy atom. The minimum atomic E-state index is -0.297. The molecule has 0 radical (unpaired) electrons. The molecule has 0 spiro atoms. The first-order chi connectivity index (χ1) is 12.1. The Balaban J connectivity index is 1.67. The maximum Gasteiger partial charge on any atom is 0.271 e. The predicted octanol–water partition coefficient (Wildman–Crippen LogP) is 5.42. The van der Waals surface area contributed by atoms with Crippen LogP contribution in [0.4, 0.5) is 0 Å². The van der Waals surface area contributed by atoms with Crippen molar-refractivity contribution >= 4 is 35.3 Å². The average Bonchev–Trinajstić information content (AvgIpc) is 2.66. The Hall–Kier alpha value is -2.62. The molecule has 3 aromatic rings. The first-order valence-electron chi connectivity index (χ1n) is 7.58. The lowest BCUT2D eigenvalue weighted by atomic mass is 10.0. The lowest BCUT2D eigenvalue weighted by molar-refractivity contribution is 0.0955. The zero-order valence-electron chi connectivity index (χ0n) is 13.1. The van der Waals surface area contributed by atoms with Crippen molar-refractivity contribution in [1.29, 1.82) is 0 Å². The number of hydrazone groups is 1. The molecule has 0 aliphatic carbocycles. The molecular formula is C20H14Cl2N2O. The molecule has 0 aliphatic heterocycles. The number of nitrogens with zero attached hydrogens (tertiary/aromatic N) is 1. The number of amides is 1. The number of halogens is 2. The summed E-state index contributed by atoms with van der Waals surface area (Å²) >= 11 is 12.0. The van der Waals surface area contributed by atoms with Gasteiger partial charge in [0.25, 0.3) is 5.91 Å². The standard InChI is InChI=1S/C20H14Cl2N2O/c21-18-8-4-7-17(19(18)22)13-23-24-20(25)16-11-9-15(10-12-16)14-5-2-1-3-6-14/h1-13H,(H,24,25). The maximum atomic E-state index is 12.2. The van der Waals surface area contributed by atoms with E-state index < -0.39 is 0 Å². The highest BCUT2D eigenvalue weighted by atomic mass is 35.5. The van der Waals surface area contributed by atoms with Gasteiger partial charge >= 0.3 is 0 Å². The Labute approximate surface area is 155 Å². The third-order valence-corrected chi connectivity index (χ3v) is 4.44. The van der Waals surface area contributed by atoms with Crippen molar-refractivity contribution in [3.8, 4) is 11.1 Å². The van der Waals surface area contributed by atoms with Crippen LogP contribution in [0.15, 0.2) is 77.9 Å². The number of carbonyl (C=O) groups excluding carboxylic acids is 1. The van der Waals surface area contributed by atoms with Gasteiger partial charge in [0.2, 0.25) is 0 Å². The van der Waals surface area contributed by atoms with E-state index in [4.69, 9.17) is 23.2 Å². The first kappa shape index (κ1) is 17.2. The monoisotopic (exact) mass is 368 g/mol. The smallest absolute Gasteiger partial charge is 0.267 e. The molecule has 1 N–H and O–H groups in total. The molecule has 3 nitrogen and oxygen atoms in total. The zero-order chi connectivity index (χ0) is 17.6. The summed E-state index contributed by atoms with van der Waals surface area (Å²) in [6.07, 6.45) is 1.46. The van der Waals surface area contributed by atoms with Crippen molar-refractivity contribution in [2.75, 3.05) is 0 Å². The highest BCUT2D eigenvalue weighted by molar-refractivity contribution is 6.43. The number of carbonyl (C=O) groups is 1. The van der Waals surface area contributed by atoms with E-state index in [-0.39, 0.29) is 5.91 Å². The molecular weight excluding hydrogens is 355 g/mol. The molecule has 3 rings (SSSR count). The van der Waals surface area contributed by atoms with E-state index in [9.17, 15) is 4.79 Å². The van der Waals surface area contributed by atoms with Gasteiger partial charge in [-0.1, -0.05) is 77.8 Å². The highest BCUT2D eigenvalue weighted by Gasteiger charge is 2.05. The van der Waals surface area contributed by atoms with Gasteiger partial charge in [-0.05, 0) is 29.3 Å². The van der Waals surface area contributed by atoms with Crippen LogP contribution in [0, 0.1) is 0 Å². The van der Waals surface area contributed by atoms with Gasteiger partial charge in [-0.3, -0.25) is 4.79 Å². The molecule has 0 fully saturated rings. The SMILES string of the molecule is O=C(NN=Cc1cccc(Cl)c1Cl)c1ccc(-c2ccccc2)cc1.